The molecule has 0 heterocycles. The van der Waals surface area contributed by atoms with Gasteiger partial charge in [-0.25, -0.2) is 0 Å². The summed E-state index contributed by atoms with van der Waals surface area (Å²) in [5.74, 6) is 0.790. The number of benzene rings is 1. The molecule has 3 heteroatoms. The van der Waals surface area contributed by atoms with Gasteiger partial charge in [-0.3, -0.25) is 0 Å². The molecular weight excluding hydrogens is 286 g/mol. The first-order valence-corrected chi connectivity index (χ1v) is 7.08. The highest BCUT2D eigenvalue weighted by atomic mass is 79.9. The molecule has 0 aliphatic heterocycles. The van der Waals surface area contributed by atoms with E-state index in [9.17, 15) is 0 Å². The van der Waals surface area contributed by atoms with E-state index in [0.29, 0.717) is 5.41 Å². The summed E-state index contributed by atoms with van der Waals surface area (Å²) < 4.78 is 1.15. The lowest BCUT2D eigenvalue weighted by Gasteiger charge is -2.14. The third kappa shape index (κ3) is 3.47. The van der Waals surface area contributed by atoms with Crippen molar-refractivity contribution in [3.8, 4) is 0 Å². The van der Waals surface area contributed by atoms with E-state index in [1.165, 1.54) is 18.4 Å². The average molecular weight is 303 g/mol. The lowest BCUT2D eigenvalue weighted by Crippen LogP contribution is -2.23. The van der Waals surface area contributed by atoms with Crippen LogP contribution >= 0.6 is 27.5 Å². The molecule has 1 aliphatic rings. The fraction of sp³-hybridized carbons (Fsp3) is 0.538. The van der Waals surface area contributed by atoms with E-state index in [1.807, 2.05) is 0 Å². The van der Waals surface area contributed by atoms with Crippen molar-refractivity contribution in [1.29, 1.82) is 0 Å². The van der Waals surface area contributed by atoms with E-state index in [1.54, 1.807) is 0 Å². The van der Waals surface area contributed by atoms with Crippen LogP contribution in [0.3, 0.4) is 0 Å². The van der Waals surface area contributed by atoms with Gasteiger partial charge in [-0.1, -0.05) is 28.1 Å². The van der Waals surface area contributed by atoms with Crippen LogP contribution in [0.4, 0.5) is 0 Å². The van der Waals surface area contributed by atoms with Gasteiger partial charge in [0.05, 0.1) is 0 Å². The predicted octanol–water partition coefficient (Wildman–Crippen LogP) is 3.95. The molecule has 0 spiro atoms. The molecule has 0 atom stereocenters. The van der Waals surface area contributed by atoms with Gasteiger partial charge in [-0.2, -0.15) is 0 Å². The summed E-state index contributed by atoms with van der Waals surface area (Å²) in [5.41, 5.74) is 1.85. The van der Waals surface area contributed by atoms with Crippen LogP contribution in [0, 0.1) is 5.41 Å². The minimum atomic E-state index is 0.522. The quantitative estimate of drug-likeness (QED) is 0.785. The minimum absolute atomic E-state index is 0.522. The van der Waals surface area contributed by atoms with Crippen molar-refractivity contribution in [2.24, 2.45) is 5.41 Å². The average Bonchev–Trinajstić information content (AvgIpc) is 2.99. The Hall–Kier alpha value is -0.0500. The lowest BCUT2D eigenvalue weighted by molar-refractivity contribution is 0.445. The van der Waals surface area contributed by atoms with Crippen molar-refractivity contribution in [3.05, 3.63) is 34.3 Å². The maximum absolute atomic E-state index is 5.81. The highest BCUT2D eigenvalue weighted by molar-refractivity contribution is 9.10. The van der Waals surface area contributed by atoms with E-state index in [2.05, 4.69) is 45.5 Å². The zero-order valence-corrected chi connectivity index (χ0v) is 11.6. The first-order valence-electron chi connectivity index (χ1n) is 5.75. The van der Waals surface area contributed by atoms with Crippen LogP contribution in [0.25, 0.3) is 0 Å². The lowest BCUT2D eigenvalue weighted by atomic mass is 10.0. The second kappa shape index (κ2) is 5.52. The van der Waals surface area contributed by atoms with Crippen LogP contribution in [0.15, 0.2) is 28.7 Å². The Morgan fingerprint density at radius 3 is 2.81 bits per heavy atom. The molecule has 1 N–H and O–H groups in total. The largest absolute Gasteiger partial charge is 0.312 e. The molecular formula is C13H17BrClN. The minimum Gasteiger partial charge on any atom is -0.312 e. The van der Waals surface area contributed by atoms with E-state index >= 15 is 0 Å². The Morgan fingerprint density at radius 1 is 1.38 bits per heavy atom. The van der Waals surface area contributed by atoms with Crippen LogP contribution in [-0.2, 0) is 6.54 Å². The van der Waals surface area contributed by atoms with Gasteiger partial charge in [0.2, 0.25) is 0 Å². The number of alkyl halides is 1. The maximum Gasteiger partial charge on any atom is 0.0229 e. The van der Waals surface area contributed by atoms with Crippen molar-refractivity contribution < 1.29 is 0 Å². The molecule has 0 amide bonds. The summed E-state index contributed by atoms with van der Waals surface area (Å²) >= 11 is 9.29. The van der Waals surface area contributed by atoms with Gasteiger partial charge in [0, 0.05) is 23.4 Å². The van der Waals surface area contributed by atoms with E-state index in [0.717, 1.165) is 29.9 Å². The Balaban J connectivity index is 1.76. The fourth-order valence-electron chi connectivity index (χ4n) is 2.01. The second-order valence-corrected chi connectivity index (χ2v) is 5.97. The zero-order valence-electron chi connectivity index (χ0n) is 9.31. The Morgan fingerprint density at radius 2 is 2.19 bits per heavy atom. The Bertz CT molecular complexity index is 350. The number of rotatable bonds is 6. The van der Waals surface area contributed by atoms with E-state index in [4.69, 9.17) is 11.6 Å². The molecule has 2 rings (SSSR count). The van der Waals surface area contributed by atoms with Gasteiger partial charge in [-0.05, 0) is 42.4 Å². The van der Waals surface area contributed by atoms with Gasteiger partial charge in [0.15, 0.2) is 0 Å². The van der Waals surface area contributed by atoms with Gasteiger partial charge in [0.25, 0.3) is 0 Å². The smallest absolute Gasteiger partial charge is 0.0229 e. The molecule has 1 saturated carbocycles. The molecule has 16 heavy (non-hydrogen) atoms. The van der Waals surface area contributed by atoms with E-state index in [-0.39, 0.29) is 0 Å². The molecule has 88 valence electrons. The van der Waals surface area contributed by atoms with Crippen LogP contribution in [0.2, 0.25) is 0 Å². The Labute approximate surface area is 111 Å². The Kier molecular flexibility index (Phi) is 4.28. The number of hydrogen-bond acceptors (Lipinski definition) is 1. The van der Waals surface area contributed by atoms with Gasteiger partial charge < -0.3 is 5.32 Å². The molecule has 0 unspecified atom stereocenters. The zero-order chi connectivity index (χ0) is 11.4. The summed E-state index contributed by atoms with van der Waals surface area (Å²) in [6, 6.07) is 8.44. The van der Waals surface area contributed by atoms with Gasteiger partial charge in [-0.15, -0.1) is 11.6 Å². The third-order valence-electron chi connectivity index (χ3n) is 3.30. The number of halogens is 2. The fourth-order valence-corrected chi connectivity index (χ4v) is 2.86. The summed E-state index contributed by atoms with van der Waals surface area (Å²) in [5, 5.41) is 3.54. The van der Waals surface area contributed by atoms with Crippen molar-refractivity contribution in [3.63, 3.8) is 0 Å². The highest BCUT2D eigenvalue weighted by Crippen LogP contribution is 2.48. The molecule has 0 saturated heterocycles. The predicted molar refractivity (Wildman–Crippen MR) is 72.9 cm³/mol. The van der Waals surface area contributed by atoms with Crippen molar-refractivity contribution >= 4 is 27.5 Å². The van der Waals surface area contributed by atoms with Crippen molar-refractivity contribution in [1.82, 2.24) is 5.32 Å². The molecule has 1 nitrogen and oxygen atoms in total. The molecule has 1 aromatic rings. The third-order valence-corrected chi connectivity index (χ3v) is 3.98. The normalized spacial score (nSPS) is 17.4. The van der Waals surface area contributed by atoms with E-state index < -0.39 is 0 Å². The molecule has 1 fully saturated rings. The van der Waals surface area contributed by atoms with Gasteiger partial charge in [0.1, 0.15) is 0 Å². The molecule has 1 aliphatic carbocycles. The number of hydrogen-bond donors (Lipinski definition) is 1. The topological polar surface area (TPSA) is 12.0 Å². The number of nitrogens with one attached hydrogen (secondary N) is 1. The SMILES string of the molecule is ClCCC1(CNCc2cccc(Br)c2)CC1. The van der Waals surface area contributed by atoms with Crippen LogP contribution in [-0.4, -0.2) is 12.4 Å². The first-order chi connectivity index (χ1) is 7.74. The summed E-state index contributed by atoms with van der Waals surface area (Å²) in [7, 11) is 0. The van der Waals surface area contributed by atoms with Gasteiger partial charge >= 0.3 is 0 Å². The molecule has 0 bridgehead atoms. The van der Waals surface area contributed by atoms with Crippen molar-refractivity contribution in [2.75, 3.05) is 12.4 Å². The second-order valence-electron chi connectivity index (χ2n) is 4.67. The summed E-state index contributed by atoms with van der Waals surface area (Å²) in [6.45, 7) is 2.05. The van der Waals surface area contributed by atoms with Crippen molar-refractivity contribution in [2.45, 2.75) is 25.8 Å². The molecule has 0 radical (unpaired) electrons. The summed E-state index contributed by atoms with van der Waals surface area (Å²) in [6.07, 6.45) is 3.83. The van der Waals surface area contributed by atoms with Crippen LogP contribution < -0.4 is 5.32 Å². The first kappa shape index (κ1) is 12.4. The standard InChI is InChI=1S/C13H17BrClN/c14-12-3-1-2-11(8-12)9-16-10-13(4-5-13)6-7-15/h1-3,8,16H,4-7,9-10H2. The van der Waals surface area contributed by atoms with Crippen LogP contribution in [0.1, 0.15) is 24.8 Å². The molecule has 1 aromatic carbocycles. The monoisotopic (exact) mass is 301 g/mol. The summed E-state index contributed by atoms with van der Waals surface area (Å²) in [4.78, 5) is 0. The maximum atomic E-state index is 5.81. The highest BCUT2D eigenvalue weighted by Gasteiger charge is 2.40. The van der Waals surface area contributed by atoms with Crippen LogP contribution in [0.5, 0.6) is 0 Å². The molecule has 0 aromatic heterocycles.